The lowest BCUT2D eigenvalue weighted by molar-refractivity contribution is 1.20. The number of para-hydroxylation sites is 2. The molecule has 0 spiro atoms. The maximum Gasteiger partial charge on any atom is 0.101 e. The first-order chi connectivity index (χ1) is 8.65. The van der Waals surface area contributed by atoms with Gasteiger partial charge in [-0.1, -0.05) is 29.8 Å². The Kier molecular flexibility index (Phi) is 3.40. The highest BCUT2D eigenvalue weighted by molar-refractivity contribution is 6.33. The third-order valence-corrected chi connectivity index (χ3v) is 3.11. The zero-order valence-corrected chi connectivity index (χ0v) is 10.6. The Morgan fingerprint density at radius 2 is 1.78 bits per heavy atom. The van der Waals surface area contributed by atoms with Crippen molar-refractivity contribution in [2.75, 3.05) is 17.7 Å². The molecule has 0 aliphatic heterocycles. The van der Waals surface area contributed by atoms with Crippen molar-refractivity contribution in [2.24, 2.45) is 0 Å². The van der Waals surface area contributed by atoms with E-state index in [4.69, 9.17) is 22.6 Å². The minimum absolute atomic E-state index is 0.508. The van der Waals surface area contributed by atoms with Gasteiger partial charge in [0, 0.05) is 7.05 Å². The van der Waals surface area contributed by atoms with Crippen molar-refractivity contribution < 1.29 is 0 Å². The van der Waals surface area contributed by atoms with Gasteiger partial charge in [-0.05, 0) is 24.3 Å². The molecule has 2 aromatic carbocycles. The van der Waals surface area contributed by atoms with Crippen LogP contribution in [0.15, 0.2) is 42.5 Å². The van der Waals surface area contributed by atoms with Crippen LogP contribution in [0.25, 0.3) is 0 Å². The molecular weight excluding hydrogens is 246 g/mol. The van der Waals surface area contributed by atoms with Crippen molar-refractivity contribution in [1.29, 1.82) is 5.26 Å². The highest BCUT2D eigenvalue weighted by atomic mass is 35.5. The van der Waals surface area contributed by atoms with Gasteiger partial charge in [0.1, 0.15) is 6.07 Å². The van der Waals surface area contributed by atoms with Crippen LogP contribution in [-0.4, -0.2) is 7.05 Å². The van der Waals surface area contributed by atoms with Crippen molar-refractivity contribution in [3.8, 4) is 6.07 Å². The Morgan fingerprint density at radius 3 is 2.50 bits per heavy atom. The number of nitrogens with zero attached hydrogens (tertiary/aromatic N) is 2. The number of nitrogens with two attached hydrogens (primary N) is 1. The van der Waals surface area contributed by atoms with Gasteiger partial charge < -0.3 is 10.6 Å². The standard InChI is InChI=1S/C14H12ClN3/c1-18(12-7-3-2-5-10(12)9-16)13-8-4-6-11(15)14(13)17/h2-8H,17H2,1H3. The lowest BCUT2D eigenvalue weighted by atomic mass is 10.1. The maximum atomic E-state index is 9.10. The van der Waals surface area contributed by atoms with Gasteiger partial charge in [-0.2, -0.15) is 5.26 Å². The van der Waals surface area contributed by atoms with Crippen LogP contribution in [0.1, 0.15) is 5.56 Å². The highest BCUT2D eigenvalue weighted by Gasteiger charge is 2.12. The molecule has 0 saturated carbocycles. The van der Waals surface area contributed by atoms with E-state index in [1.807, 2.05) is 42.3 Å². The second-order valence-corrected chi connectivity index (χ2v) is 4.27. The molecule has 2 N–H and O–H groups in total. The summed E-state index contributed by atoms with van der Waals surface area (Å²) in [4.78, 5) is 1.86. The molecule has 2 aromatic rings. The van der Waals surface area contributed by atoms with Crippen LogP contribution in [0.2, 0.25) is 5.02 Å². The van der Waals surface area contributed by atoms with Gasteiger partial charge in [-0.25, -0.2) is 0 Å². The molecule has 0 saturated heterocycles. The third-order valence-electron chi connectivity index (χ3n) is 2.78. The first-order valence-electron chi connectivity index (χ1n) is 5.42. The van der Waals surface area contributed by atoms with Gasteiger partial charge >= 0.3 is 0 Å². The third kappa shape index (κ3) is 2.11. The molecule has 0 atom stereocenters. The number of anilines is 3. The van der Waals surface area contributed by atoms with Gasteiger partial charge in [0.2, 0.25) is 0 Å². The van der Waals surface area contributed by atoms with Crippen molar-refractivity contribution in [3.05, 3.63) is 53.1 Å². The molecule has 0 heterocycles. The number of rotatable bonds is 2. The minimum atomic E-state index is 0.508. The average molecular weight is 258 g/mol. The van der Waals surface area contributed by atoms with Crippen molar-refractivity contribution in [3.63, 3.8) is 0 Å². The second kappa shape index (κ2) is 4.99. The zero-order chi connectivity index (χ0) is 13.1. The van der Waals surface area contributed by atoms with Crippen LogP contribution in [-0.2, 0) is 0 Å². The summed E-state index contributed by atoms with van der Waals surface area (Å²) in [6.45, 7) is 0. The van der Waals surface area contributed by atoms with Gasteiger partial charge in [0.05, 0.1) is 27.6 Å². The predicted molar refractivity (Wildman–Crippen MR) is 75.1 cm³/mol. The number of nitriles is 1. The predicted octanol–water partition coefficient (Wildman–Crippen LogP) is 3.56. The fourth-order valence-electron chi connectivity index (χ4n) is 1.81. The van der Waals surface area contributed by atoms with Gasteiger partial charge in [0.25, 0.3) is 0 Å². The van der Waals surface area contributed by atoms with E-state index in [1.54, 1.807) is 12.1 Å². The fourth-order valence-corrected chi connectivity index (χ4v) is 1.98. The number of hydrogen-bond acceptors (Lipinski definition) is 3. The Hall–Kier alpha value is -2.18. The molecule has 4 heteroatoms. The average Bonchev–Trinajstić information content (AvgIpc) is 2.41. The van der Waals surface area contributed by atoms with E-state index in [1.165, 1.54) is 0 Å². The molecule has 0 aliphatic carbocycles. The van der Waals surface area contributed by atoms with Crippen LogP contribution < -0.4 is 10.6 Å². The smallest absolute Gasteiger partial charge is 0.101 e. The molecule has 0 unspecified atom stereocenters. The lowest BCUT2D eigenvalue weighted by Gasteiger charge is -2.22. The maximum absolute atomic E-state index is 9.10. The van der Waals surface area contributed by atoms with E-state index in [-0.39, 0.29) is 0 Å². The quantitative estimate of drug-likeness (QED) is 0.837. The summed E-state index contributed by atoms with van der Waals surface area (Å²) in [6.07, 6.45) is 0. The Bertz CT molecular complexity index is 617. The molecule has 0 radical (unpaired) electrons. The van der Waals surface area contributed by atoms with Crippen molar-refractivity contribution in [2.45, 2.75) is 0 Å². The largest absolute Gasteiger partial charge is 0.396 e. The summed E-state index contributed by atoms with van der Waals surface area (Å²) in [5.74, 6) is 0. The monoisotopic (exact) mass is 257 g/mol. The number of nitrogen functional groups attached to an aromatic ring is 1. The molecule has 0 aliphatic rings. The van der Waals surface area contributed by atoms with E-state index < -0.39 is 0 Å². The van der Waals surface area contributed by atoms with Crippen LogP contribution in [0, 0.1) is 11.3 Å². The molecule has 0 fully saturated rings. The number of benzene rings is 2. The Morgan fingerprint density at radius 1 is 1.11 bits per heavy atom. The summed E-state index contributed by atoms with van der Waals surface area (Å²) in [5, 5.41) is 9.61. The van der Waals surface area contributed by atoms with Crippen LogP contribution in [0.5, 0.6) is 0 Å². The van der Waals surface area contributed by atoms with E-state index in [0.717, 1.165) is 11.4 Å². The number of halogens is 1. The number of hydrogen-bond donors (Lipinski definition) is 1. The van der Waals surface area contributed by atoms with Crippen LogP contribution in [0.3, 0.4) is 0 Å². The summed E-state index contributed by atoms with van der Waals surface area (Å²) in [5.41, 5.74) is 8.64. The zero-order valence-electron chi connectivity index (χ0n) is 9.89. The topological polar surface area (TPSA) is 53.0 Å². The Labute approximate surface area is 111 Å². The molecule has 2 rings (SSSR count). The summed E-state index contributed by atoms with van der Waals surface area (Å²) >= 11 is 6.00. The Balaban J connectivity index is 2.52. The minimum Gasteiger partial charge on any atom is -0.396 e. The molecule has 90 valence electrons. The van der Waals surface area contributed by atoms with Gasteiger partial charge in [-0.15, -0.1) is 0 Å². The second-order valence-electron chi connectivity index (χ2n) is 3.86. The van der Waals surface area contributed by atoms with E-state index in [2.05, 4.69) is 6.07 Å². The van der Waals surface area contributed by atoms with E-state index in [0.29, 0.717) is 16.3 Å². The highest BCUT2D eigenvalue weighted by Crippen LogP contribution is 2.34. The summed E-state index contributed by atoms with van der Waals surface area (Å²) in [7, 11) is 1.86. The molecule has 3 nitrogen and oxygen atoms in total. The molecule has 0 aromatic heterocycles. The molecule has 18 heavy (non-hydrogen) atoms. The van der Waals surface area contributed by atoms with Crippen LogP contribution in [0.4, 0.5) is 17.1 Å². The van der Waals surface area contributed by atoms with Gasteiger partial charge in [-0.3, -0.25) is 0 Å². The van der Waals surface area contributed by atoms with Crippen molar-refractivity contribution >= 4 is 28.7 Å². The van der Waals surface area contributed by atoms with Crippen LogP contribution >= 0.6 is 11.6 Å². The SMILES string of the molecule is CN(c1ccccc1C#N)c1cccc(Cl)c1N. The first-order valence-corrected chi connectivity index (χ1v) is 5.80. The molecule has 0 amide bonds. The fraction of sp³-hybridized carbons (Fsp3) is 0.0714. The lowest BCUT2D eigenvalue weighted by Crippen LogP contribution is -2.13. The summed E-state index contributed by atoms with van der Waals surface area (Å²) in [6, 6.07) is 15.0. The first kappa shape index (κ1) is 12.3. The summed E-state index contributed by atoms with van der Waals surface area (Å²) < 4.78 is 0. The van der Waals surface area contributed by atoms with E-state index in [9.17, 15) is 0 Å². The van der Waals surface area contributed by atoms with Crippen molar-refractivity contribution in [1.82, 2.24) is 0 Å². The molecule has 0 bridgehead atoms. The van der Waals surface area contributed by atoms with Gasteiger partial charge in [0.15, 0.2) is 0 Å². The molecular formula is C14H12ClN3. The van der Waals surface area contributed by atoms with E-state index >= 15 is 0 Å². The normalized spacial score (nSPS) is 9.83.